The van der Waals surface area contributed by atoms with E-state index >= 15 is 0 Å². The first-order valence-corrected chi connectivity index (χ1v) is 8.99. The van der Waals surface area contributed by atoms with Crippen LogP contribution in [0, 0.1) is 0 Å². The van der Waals surface area contributed by atoms with E-state index in [0.717, 1.165) is 6.08 Å². The molecule has 7 nitrogen and oxygen atoms in total. The molecule has 0 spiro atoms. The Hall–Kier alpha value is -3.00. The first-order valence-electron chi connectivity index (χ1n) is 7.51. The van der Waals surface area contributed by atoms with Crippen LogP contribution in [0.5, 0.6) is 11.5 Å². The van der Waals surface area contributed by atoms with E-state index in [4.69, 9.17) is 9.47 Å². The largest absolute Gasteiger partial charge is 0.493 e. The molecule has 0 aromatic heterocycles. The average Bonchev–Trinajstić information content (AvgIpc) is 2.65. The number of carbonyl (C=O) groups is 1. The summed E-state index contributed by atoms with van der Waals surface area (Å²) in [4.78, 5) is 11.3. The summed E-state index contributed by atoms with van der Waals surface area (Å²) in [6, 6.07) is 11.0. The summed E-state index contributed by atoms with van der Waals surface area (Å²) in [5.41, 5.74) is 0.667. The molecule has 0 radical (unpaired) electrons. The number of hydrogen-bond acceptors (Lipinski definition) is 6. The van der Waals surface area contributed by atoms with Gasteiger partial charge in [0.15, 0.2) is 11.5 Å². The lowest BCUT2D eigenvalue weighted by molar-refractivity contribution is -0.134. The Morgan fingerprint density at radius 2 is 1.69 bits per heavy atom. The fourth-order valence-corrected chi connectivity index (χ4v) is 3.45. The molecule has 26 heavy (non-hydrogen) atoms. The van der Waals surface area contributed by atoms with Gasteiger partial charge in [0.25, 0.3) is 10.0 Å². The monoisotopic (exact) mass is 377 g/mol. The third kappa shape index (κ3) is 4.54. The maximum Gasteiger partial charge on any atom is 0.330 e. The van der Waals surface area contributed by atoms with E-state index in [9.17, 15) is 13.2 Å². The minimum Gasteiger partial charge on any atom is -0.493 e. The predicted octanol–water partition coefficient (Wildman–Crippen LogP) is 2.69. The molecule has 0 aliphatic rings. The Bertz CT molecular complexity index is 921. The number of benzene rings is 2. The second-order valence-corrected chi connectivity index (χ2v) is 6.72. The molecule has 0 fully saturated rings. The van der Waals surface area contributed by atoms with Gasteiger partial charge in [-0.1, -0.05) is 18.2 Å². The quantitative estimate of drug-likeness (QED) is 0.589. The molecule has 2 rings (SSSR count). The molecule has 0 saturated carbocycles. The fourth-order valence-electron chi connectivity index (χ4n) is 2.20. The molecule has 0 heterocycles. The molecule has 0 atom stereocenters. The van der Waals surface area contributed by atoms with Gasteiger partial charge < -0.3 is 14.2 Å². The van der Waals surface area contributed by atoms with Crippen LogP contribution in [0.2, 0.25) is 0 Å². The molecule has 138 valence electrons. The summed E-state index contributed by atoms with van der Waals surface area (Å²) in [5, 5.41) is 0. The highest BCUT2D eigenvalue weighted by atomic mass is 32.2. The van der Waals surface area contributed by atoms with E-state index in [2.05, 4.69) is 9.46 Å². The van der Waals surface area contributed by atoms with Crippen molar-refractivity contribution >= 4 is 27.8 Å². The Morgan fingerprint density at radius 3 is 2.35 bits per heavy atom. The van der Waals surface area contributed by atoms with Crippen LogP contribution in [0.15, 0.2) is 53.4 Å². The lowest BCUT2D eigenvalue weighted by Gasteiger charge is -2.13. The van der Waals surface area contributed by atoms with Crippen molar-refractivity contribution in [1.29, 1.82) is 0 Å². The molecule has 1 N–H and O–H groups in total. The summed E-state index contributed by atoms with van der Waals surface area (Å²) in [6.07, 6.45) is 2.54. The maximum absolute atomic E-state index is 12.8. The molecular weight excluding hydrogens is 358 g/mol. The van der Waals surface area contributed by atoms with Gasteiger partial charge in [-0.3, -0.25) is 4.72 Å². The predicted molar refractivity (Wildman–Crippen MR) is 97.8 cm³/mol. The number of ether oxygens (including phenoxy) is 3. The van der Waals surface area contributed by atoms with Crippen molar-refractivity contribution in [3.63, 3.8) is 0 Å². The van der Waals surface area contributed by atoms with Gasteiger partial charge in [-0.15, -0.1) is 0 Å². The van der Waals surface area contributed by atoms with Crippen LogP contribution in [0.25, 0.3) is 6.08 Å². The van der Waals surface area contributed by atoms with E-state index in [1.807, 2.05) is 0 Å². The Morgan fingerprint density at radius 1 is 1.00 bits per heavy atom. The number of nitrogens with one attached hydrogen (secondary N) is 1. The van der Waals surface area contributed by atoms with E-state index < -0.39 is 16.0 Å². The number of rotatable bonds is 7. The van der Waals surface area contributed by atoms with Crippen LogP contribution < -0.4 is 14.2 Å². The van der Waals surface area contributed by atoms with Crippen LogP contribution in [0.3, 0.4) is 0 Å². The zero-order chi connectivity index (χ0) is 19.2. The van der Waals surface area contributed by atoms with Crippen LogP contribution in [0.4, 0.5) is 5.69 Å². The van der Waals surface area contributed by atoms with Crippen LogP contribution >= 0.6 is 0 Å². The molecule has 2 aromatic carbocycles. The first-order chi connectivity index (χ1) is 12.4. The number of carbonyl (C=O) groups excluding carboxylic acids is 1. The number of hydrogen-bond donors (Lipinski definition) is 1. The van der Waals surface area contributed by atoms with Crippen molar-refractivity contribution in [2.75, 3.05) is 26.1 Å². The van der Waals surface area contributed by atoms with Gasteiger partial charge in [0.05, 0.1) is 31.9 Å². The summed E-state index contributed by atoms with van der Waals surface area (Å²) in [7, 11) is 0.304. The van der Waals surface area contributed by atoms with E-state index in [1.165, 1.54) is 39.5 Å². The van der Waals surface area contributed by atoms with Gasteiger partial charge in [-0.2, -0.15) is 0 Å². The van der Waals surface area contributed by atoms with Crippen molar-refractivity contribution in [1.82, 2.24) is 0 Å². The summed E-state index contributed by atoms with van der Waals surface area (Å²) in [6.45, 7) is 0. The molecule has 0 aliphatic heterocycles. The lowest BCUT2D eigenvalue weighted by Crippen LogP contribution is -2.14. The smallest absolute Gasteiger partial charge is 0.330 e. The van der Waals surface area contributed by atoms with Gasteiger partial charge in [0, 0.05) is 12.1 Å². The van der Waals surface area contributed by atoms with Gasteiger partial charge >= 0.3 is 5.97 Å². The van der Waals surface area contributed by atoms with Crippen LogP contribution in [-0.4, -0.2) is 35.7 Å². The van der Waals surface area contributed by atoms with E-state index in [-0.39, 0.29) is 4.90 Å². The Kier molecular flexibility index (Phi) is 6.24. The average molecular weight is 377 g/mol. The Labute approximate surface area is 152 Å². The molecule has 0 aliphatic carbocycles. The normalized spacial score (nSPS) is 11.2. The molecule has 0 unspecified atom stereocenters. The molecular formula is C18H19NO6S. The third-order valence-electron chi connectivity index (χ3n) is 3.44. The number of anilines is 1. The van der Waals surface area contributed by atoms with Crippen molar-refractivity contribution in [3.8, 4) is 11.5 Å². The standard InChI is InChI=1S/C18H19NO6S/c1-23-15-10-9-14(12-16(15)24-2)19-26(21,22)17-7-5-4-6-13(17)8-11-18(20)25-3/h4-12,19H,1-3H3/b11-8+. The summed E-state index contributed by atoms with van der Waals surface area (Å²) < 4.78 is 42.8. The summed E-state index contributed by atoms with van der Waals surface area (Å²) in [5.74, 6) is 0.300. The third-order valence-corrected chi connectivity index (χ3v) is 4.90. The van der Waals surface area contributed by atoms with E-state index in [1.54, 1.807) is 30.3 Å². The SMILES string of the molecule is COC(=O)/C=C/c1ccccc1S(=O)(=O)Nc1ccc(OC)c(OC)c1. The van der Waals surface area contributed by atoms with Crippen molar-refractivity contribution in [3.05, 3.63) is 54.1 Å². The highest BCUT2D eigenvalue weighted by molar-refractivity contribution is 7.92. The van der Waals surface area contributed by atoms with Gasteiger partial charge in [-0.05, 0) is 29.8 Å². The zero-order valence-electron chi connectivity index (χ0n) is 14.6. The van der Waals surface area contributed by atoms with Crippen LogP contribution in [0.1, 0.15) is 5.56 Å². The molecule has 2 aromatic rings. The number of sulfonamides is 1. The minimum atomic E-state index is -3.89. The first kappa shape index (κ1) is 19.3. The number of esters is 1. The highest BCUT2D eigenvalue weighted by Crippen LogP contribution is 2.31. The highest BCUT2D eigenvalue weighted by Gasteiger charge is 2.18. The zero-order valence-corrected chi connectivity index (χ0v) is 15.4. The van der Waals surface area contributed by atoms with Crippen molar-refractivity contribution < 1.29 is 27.4 Å². The maximum atomic E-state index is 12.8. The lowest BCUT2D eigenvalue weighted by atomic mass is 10.2. The minimum absolute atomic E-state index is 0.0231. The van der Waals surface area contributed by atoms with Crippen LogP contribution in [-0.2, 0) is 19.6 Å². The molecule has 0 amide bonds. The Balaban J connectivity index is 2.37. The topological polar surface area (TPSA) is 90.9 Å². The molecule has 0 saturated heterocycles. The van der Waals surface area contributed by atoms with Gasteiger partial charge in [0.2, 0.25) is 0 Å². The second kappa shape index (κ2) is 8.39. The number of methoxy groups -OCH3 is 3. The molecule has 0 bridgehead atoms. The van der Waals surface area contributed by atoms with Gasteiger partial charge in [-0.25, -0.2) is 13.2 Å². The van der Waals surface area contributed by atoms with Gasteiger partial charge in [0.1, 0.15) is 0 Å². The van der Waals surface area contributed by atoms with E-state index in [0.29, 0.717) is 22.7 Å². The van der Waals surface area contributed by atoms with Crippen molar-refractivity contribution in [2.45, 2.75) is 4.90 Å². The summed E-state index contributed by atoms with van der Waals surface area (Å²) >= 11 is 0. The van der Waals surface area contributed by atoms with Crippen molar-refractivity contribution in [2.24, 2.45) is 0 Å². The molecule has 8 heteroatoms. The fraction of sp³-hybridized carbons (Fsp3) is 0.167. The second-order valence-electron chi connectivity index (χ2n) is 5.07.